The summed E-state index contributed by atoms with van der Waals surface area (Å²) in [5.41, 5.74) is 1.68. The second-order valence-electron chi connectivity index (χ2n) is 4.48. The van der Waals surface area contributed by atoms with Crippen LogP contribution in [0.15, 0.2) is 48.2 Å². The first kappa shape index (κ1) is 13.5. The molecule has 3 nitrogen and oxygen atoms in total. The number of aliphatic hydroxyl groups is 1. The molecule has 0 spiro atoms. The molecule has 102 valence electrons. The van der Waals surface area contributed by atoms with Crippen molar-refractivity contribution >= 4 is 28.7 Å². The highest BCUT2D eigenvalue weighted by Crippen LogP contribution is 2.40. The number of hydrogen-bond donors (Lipinski definition) is 1. The Morgan fingerprint density at radius 1 is 1.25 bits per heavy atom. The lowest BCUT2D eigenvalue weighted by molar-refractivity contribution is 0.193. The zero-order valence-corrected chi connectivity index (χ0v) is 13.0. The molecule has 0 radical (unpaired) electrons. The van der Waals surface area contributed by atoms with E-state index in [0.29, 0.717) is 11.5 Å². The molecule has 0 amide bonds. The van der Waals surface area contributed by atoms with Gasteiger partial charge in [0, 0.05) is 14.7 Å². The quantitative estimate of drug-likeness (QED) is 0.807. The van der Waals surface area contributed by atoms with Crippen molar-refractivity contribution in [2.75, 3.05) is 7.11 Å². The van der Waals surface area contributed by atoms with Gasteiger partial charge < -0.3 is 14.6 Å². The van der Waals surface area contributed by atoms with Crippen LogP contribution in [0.4, 0.5) is 0 Å². The normalized spacial score (nSPS) is 18.8. The van der Waals surface area contributed by atoms with E-state index in [-0.39, 0.29) is 0 Å². The Hall–Kier alpha value is -1.53. The molecule has 1 aliphatic rings. The molecule has 0 unspecified atom stereocenters. The number of ether oxygens (including phenoxy) is 2. The summed E-state index contributed by atoms with van der Waals surface area (Å²) in [6.07, 6.45) is 1.10. The molecule has 2 aromatic rings. The van der Waals surface area contributed by atoms with Crippen LogP contribution >= 0.6 is 22.6 Å². The van der Waals surface area contributed by atoms with Crippen molar-refractivity contribution in [3.63, 3.8) is 0 Å². The number of methoxy groups -OCH3 is 1. The highest BCUT2D eigenvalue weighted by Gasteiger charge is 2.27. The van der Waals surface area contributed by atoms with Crippen LogP contribution in [0.5, 0.6) is 11.5 Å². The molecular formula is C16H13IO3. The Balaban J connectivity index is 2.01. The maximum atomic E-state index is 10.3. The monoisotopic (exact) mass is 380 g/mol. The third-order valence-electron chi connectivity index (χ3n) is 3.20. The average molecular weight is 380 g/mol. The van der Waals surface area contributed by atoms with Crippen molar-refractivity contribution < 1.29 is 14.6 Å². The van der Waals surface area contributed by atoms with Gasteiger partial charge in [-0.15, -0.1) is 0 Å². The molecule has 4 heteroatoms. The lowest BCUT2D eigenvalue weighted by Gasteiger charge is -2.08. The molecular weight excluding hydrogens is 367 g/mol. The fourth-order valence-corrected chi connectivity index (χ4v) is 2.73. The van der Waals surface area contributed by atoms with Crippen LogP contribution in [0, 0.1) is 3.57 Å². The molecule has 0 bridgehead atoms. The Morgan fingerprint density at radius 2 is 2.05 bits per heavy atom. The molecule has 3 rings (SSSR count). The number of halogens is 1. The molecule has 1 N–H and O–H groups in total. The summed E-state index contributed by atoms with van der Waals surface area (Å²) in [4.78, 5) is 0. The van der Waals surface area contributed by atoms with Gasteiger partial charge in [0.25, 0.3) is 0 Å². The van der Waals surface area contributed by atoms with Crippen LogP contribution in [0.3, 0.4) is 0 Å². The molecule has 1 aliphatic heterocycles. The lowest BCUT2D eigenvalue weighted by atomic mass is 10.1. The topological polar surface area (TPSA) is 38.7 Å². The van der Waals surface area contributed by atoms with Crippen molar-refractivity contribution in [3.05, 3.63) is 62.9 Å². The van der Waals surface area contributed by atoms with Crippen LogP contribution < -0.4 is 9.47 Å². The largest absolute Gasteiger partial charge is 0.496 e. The molecule has 1 atom stereocenters. The molecule has 20 heavy (non-hydrogen) atoms. The molecule has 1 heterocycles. The number of rotatable bonds is 2. The number of fused-ring (bicyclic) bond motifs is 1. The summed E-state index contributed by atoms with van der Waals surface area (Å²) in [5, 5.41) is 10.3. The van der Waals surface area contributed by atoms with Gasteiger partial charge in [0.05, 0.1) is 7.11 Å². The van der Waals surface area contributed by atoms with Crippen molar-refractivity contribution in [1.82, 2.24) is 0 Å². The van der Waals surface area contributed by atoms with Crippen LogP contribution in [0.1, 0.15) is 17.2 Å². The fraction of sp³-hybridized carbons (Fsp3) is 0.125. The maximum Gasteiger partial charge on any atom is 0.140 e. The number of aliphatic hydroxyl groups excluding tert-OH is 1. The van der Waals surface area contributed by atoms with E-state index in [4.69, 9.17) is 9.47 Å². The Labute approximate surface area is 131 Å². The molecule has 0 aromatic heterocycles. The van der Waals surface area contributed by atoms with E-state index in [1.165, 1.54) is 0 Å². The standard InChI is InChI=1S/C16H13IO3/c1-19-13-7-6-11(17)8-10(13)9-15-16(18)12-4-2-3-5-14(12)20-15/h2-9,16,18H,1H3/b15-9-/t16-/m0/s1. The van der Waals surface area contributed by atoms with Crippen LogP contribution in [-0.2, 0) is 0 Å². The summed E-state index contributed by atoms with van der Waals surface area (Å²) in [7, 11) is 1.63. The summed E-state index contributed by atoms with van der Waals surface area (Å²) in [6, 6.07) is 13.4. The molecule has 0 saturated heterocycles. The van der Waals surface area contributed by atoms with Crippen molar-refractivity contribution in [2.24, 2.45) is 0 Å². The van der Waals surface area contributed by atoms with Crippen LogP contribution in [-0.4, -0.2) is 12.2 Å². The van der Waals surface area contributed by atoms with Crippen molar-refractivity contribution in [3.8, 4) is 11.5 Å². The average Bonchev–Trinajstić information content (AvgIpc) is 2.76. The molecule has 0 saturated carbocycles. The van der Waals surface area contributed by atoms with Gasteiger partial charge in [-0.2, -0.15) is 0 Å². The van der Waals surface area contributed by atoms with Gasteiger partial charge in [-0.3, -0.25) is 0 Å². The maximum absolute atomic E-state index is 10.3. The van der Waals surface area contributed by atoms with E-state index < -0.39 is 6.10 Å². The number of hydrogen-bond acceptors (Lipinski definition) is 3. The lowest BCUT2D eigenvalue weighted by Crippen LogP contribution is -1.97. The van der Waals surface area contributed by atoms with E-state index in [2.05, 4.69) is 22.6 Å². The van der Waals surface area contributed by atoms with Gasteiger partial charge in [-0.05, 0) is 52.9 Å². The third kappa shape index (κ3) is 2.41. The molecule has 0 fully saturated rings. The van der Waals surface area contributed by atoms with Crippen molar-refractivity contribution in [1.29, 1.82) is 0 Å². The van der Waals surface area contributed by atoms with Crippen molar-refractivity contribution in [2.45, 2.75) is 6.10 Å². The SMILES string of the molecule is COc1ccc(I)cc1/C=C1\Oc2ccccc2[C@@H]1O. The first-order chi connectivity index (χ1) is 9.69. The Kier molecular flexibility index (Phi) is 3.67. The zero-order valence-electron chi connectivity index (χ0n) is 10.8. The van der Waals surface area contributed by atoms with E-state index in [1.807, 2.05) is 48.5 Å². The van der Waals surface area contributed by atoms with E-state index in [9.17, 15) is 5.11 Å². The Bertz CT molecular complexity index is 679. The highest BCUT2D eigenvalue weighted by molar-refractivity contribution is 14.1. The minimum atomic E-state index is -0.728. The predicted octanol–water partition coefficient (Wildman–Crippen LogP) is 3.77. The van der Waals surface area contributed by atoms with E-state index >= 15 is 0 Å². The van der Waals surface area contributed by atoms with Gasteiger partial charge in [0.2, 0.25) is 0 Å². The second-order valence-corrected chi connectivity index (χ2v) is 5.72. The van der Waals surface area contributed by atoms with Crippen LogP contribution in [0.25, 0.3) is 6.08 Å². The fourth-order valence-electron chi connectivity index (χ4n) is 2.22. The Morgan fingerprint density at radius 3 is 2.80 bits per heavy atom. The zero-order chi connectivity index (χ0) is 14.1. The minimum absolute atomic E-state index is 0.520. The van der Waals surface area contributed by atoms with Crippen LogP contribution in [0.2, 0.25) is 0 Å². The second kappa shape index (κ2) is 5.46. The van der Waals surface area contributed by atoms with Gasteiger partial charge in [0.1, 0.15) is 23.4 Å². The summed E-state index contributed by atoms with van der Waals surface area (Å²) >= 11 is 2.24. The minimum Gasteiger partial charge on any atom is -0.496 e. The first-order valence-corrected chi connectivity index (χ1v) is 7.27. The van der Waals surface area contributed by atoms with Gasteiger partial charge in [-0.1, -0.05) is 18.2 Å². The summed E-state index contributed by atoms with van der Waals surface area (Å²) in [5.74, 6) is 1.98. The third-order valence-corrected chi connectivity index (χ3v) is 3.87. The van der Waals surface area contributed by atoms with Gasteiger partial charge >= 0.3 is 0 Å². The van der Waals surface area contributed by atoms with E-state index in [0.717, 1.165) is 20.4 Å². The summed E-state index contributed by atoms with van der Waals surface area (Å²) in [6.45, 7) is 0. The molecule has 0 aliphatic carbocycles. The highest BCUT2D eigenvalue weighted by atomic mass is 127. The first-order valence-electron chi connectivity index (χ1n) is 6.19. The van der Waals surface area contributed by atoms with E-state index in [1.54, 1.807) is 7.11 Å². The summed E-state index contributed by atoms with van der Waals surface area (Å²) < 4.78 is 12.2. The predicted molar refractivity (Wildman–Crippen MR) is 85.7 cm³/mol. The number of benzene rings is 2. The van der Waals surface area contributed by atoms with Gasteiger partial charge in [-0.25, -0.2) is 0 Å². The smallest absolute Gasteiger partial charge is 0.140 e. The van der Waals surface area contributed by atoms with Gasteiger partial charge in [0.15, 0.2) is 0 Å². The molecule has 2 aromatic carbocycles. The number of para-hydroxylation sites is 1.